The van der Waals surface area contributed by atoms with Gasteiger partial charge < -0.3 is 4.90 Å². The number of halogens is 3. The molecule has 1 aliphatic heterocycles. The lowest BCUT2D eigenvalue weighted by molar-refractivity contribution is -0.137. The van der Waals surface area contributed by atoms with Crippen LogP contribution in [-0.4, -0.2) is 38.8 Å². The predicted molar refractivity (Wildman–Crippen MR) is 107 cm³/mol. The standard InChI is InChI=1S/C21H19F3N4OS/c1-13-19(30-12-26-13)20(29)28-7-5-14(6-8-28)17-10-25-11-18(27-17)15-3-2-4-16(9-15)21(22,23)24/h2-4,9-12,14H,5-8H2,1H3. The molecule has 3 heterocycles. The van der Waals surface area contributed by atoms with Crippen molar-refractivity contribution in [3.05, 3.63) is 64.0 Å². The normalized spacial score (nSPS) is 15.4. The summed E-state index contributed by atoms with van der Waals surface area (Å²) in [6, 6.07) is 5.10. The molecule has 0 atom stereocenters. The van der Waals surface area contributed by atoms with Crippen LogP contribution in [0.15, 0.2) is 42.2 Å². The number of carbonyl (C=O) groups excluding carboxylic acids is 1. The molecule has 3 aromatic rings. The van der Waals surface area contributed by atoms with Crippen LogP contribution in [0.3, 0.4) is 0 Å². The first-order valence-electron chi connectivity index (χ1n) is 9.52. The summed E-state index contributed by atoms with van der Waals surface area (Å²) in [5, 5.41) is 0. The van der Waals surface area contributed by atoms with Gasteiger partial charge in [0.1, 0.15) is 4.88 Å². The van der Waals surface area contributed by atoms with Crippen LogP contribution < -0.4 is 0 Å². The smallest absolute Gasteiger partial charge is 0.338 e. The monoisotopic (exact) mass is 432 g/mol. The second kappa shape index (κ2) is 8.14. The molecule has 1 amide bonds. The van der Waals surface area contributed by atoms with Crippen molar-refractivity contribution >= 4 is 17.2 Å². The largest absolute Gasteiger partial charge is 0.416 e. The molecular weight excluding hydrogens is 413 g/mol. The third kappa shape index (κ3) is 4.21. The lowest BCUT2D eigenvalue weighted by Crippen LogP contribution is -2.38. The number of rotatable bonds is 3. The van der Waals surface area contributed by atoms with Gasteiger partial charge in [0.15, 0.2) is 0 Å². The summed E-state index contributed by atoms with van der Waals surface area (Å²) in [7, 11) is 0. The summed E-state index contributed by atoms with van der Waals surface area (Å²) in [6.45, 7) is 3.01. The summed E-state index contributed by atoms with van der Waals surface area (Å²) in [6.07, 6.45) is 0.183. The molecular formula is C21H19F3N4OS. The van der Waals surface area contributed by atoms with Crippen molar-refractivity contribution in [1.82, 2.24) is 19.9 Å². The number of piperidine rings is 1. The molecule has 1 saturated heterocycles. The van der Waals surface area contributed by atoms with Crippen molar-refractivity contribution in [3.63, 3.8) is 0 Å². The van der Waals surface area contributed by atoms with Gasteiger partial charge in [-0.15, -0.1) is 11.3 Å². The maximum absolute atomic E-state index is 13.0. The molecule has 4 rings (SSSR count). The van der Waals surface area contributed by atoms with E-state index in [-0.39, 0.29) is 11.8 Å². The third-order valence-electron chi connectivity index (χ3n) is 5.28. The summed E-state index contributed by atoms with van der Waals surface area (Å²) < 4.78 is 39.0. The Kier molecular flexibility index (Phi) is 5.55. The number of likely N-dealkylation sites (tertiary alicyclic amines) is 1. The minimum atomic E-state index is -4.41. The Morgan fingerprint density at radius 3 is 2.63 bits per heavy atom. The van der Waals surface area contributed by atoms with Crippen LogP contribution in [0.5, 0.6) is 0 Å². The zero-order valence-corrected chi connectivity index (χ0v) is 17.0. The fourth-order valence-electron chi connectivity index (χ4n) is 3.60. The van der Waals surface area contributed by atoms with E-state index in [0.29, 0.717) is 29.2 Å². The lowest BCUT2D eigenvalue weighted by Gasteiger charge is -2.31. The third-order valence-corrected chi connectivity index (χ3v) is 6.20. The number of aryl methyl sites for hydroxylation is 1. The highest BCUT2D eigenvalue weighted by molar-refractivity contribution is 7.11. The molecule has 5 nitrogen and oxygen atoms in total. The number of thiazole rings is 1. The molecule has 0 aliphatic carbocycles. The van der Waals surface area contributed by atoms with E-state index in [1.165, 1.54) is 23.6 Å². The Hall–Kier alpha value is -2.81. The highest BCUT2D eigenvalue weighted by Gasteiger charge is 2.31. The van der Waals surface area contributed by atoms with Crippen molar-refractivity contribution in [2.24, 2.45) is 0 Å². The average molecular weight is 432 g/mol. The van der Waals surface area contributed by atoms with E-state index < -0.39 is 11.7 Å². The highest BCUT2D eigenvalue weighted by atomic mass is 32.1. The van der Waals surface area contributed by atoms with Crippen LogP contribution in [0.1, 0.15) is 45.4 Å². The molecule has 0 unspecified atom stereocenters. The van der Waals surface area contributed by atoms with Gasteiger partial charge in [0, 0.05) is 30.8 Å². The van der Waals surface area contributed by atoms with Gasteiger partial charge in [0.05, 0.1) is 34.4 Å². The molecule has 1 aliphatic rings. The number of aromatic nitrogens is 3. The molecule has 9 heteroatoms. The molecule has 0 saturated carbocycles. The number of carbonyl (C=O) groups is 1. The Labute approximate surface area is 175 Å². The first kappa shape index (κ1) is 20.5. The van der Waals surface area contributed by atoms with Crippen molar-refractivity contribution in [2.75, 3.05) is 13.1 Å². The van der Waals surface area contributed by atoms with Crippen LogP contribution in [-0.2, 0) is 6.18 Å². The fourth-order valence-corrected chi connectivity index (χ4v) is 4.37. The SMILES string of the molecule is Cc1ncsc1C(=O)N1CCC(c2cncc(-c3cccc(C(F)(F)F)c3)n2)CC1. The number of hydrogen-bond donors (Lipinski definition) is 0. The maximum atomic E-state index is 13.0. The molecule has 1 fully saturated rings. The van der Waals surface area contributed by atoms with Crippen LogP contribution in [0.4, 0.5) is 13.2 Å². The Morgan fingerprint density at radius 1 is 1.20 bits per heavy atom. The molecule has 0 N–H and O–H groups in total. The van der Waals surface area contributed by atoms with E-state index in [1.54, 1.807) is 17.8 Å². The number of amides is 1. The summed E-state index contributed by atoms with van der Waals surface area (Å²) in [5.41, 5.74) is 3.24. The van der Waals surface area contributed by atoms with Gasteiger partial charge in [0.25, 0.3) is 5.91 Å². The number of hydrogen-bond acceptors (Lipinski definition) is 5. The van der Waals surface area contributed by atoms with Crippen molar-refractivity contribution < 1.29 is 18.0 Å². The van der Waals surface area contributed by atoms with Gasteiger partial charge in [-0.3, -0.25) is 9.78 Å². The molecule has 0 bridgehead atoms. The van der Waals surface area contributed by atoms with Crippen molar-refractivity contribution in [3.8, 4) is 11.3 Å². The van der Waals surface area contributed by atoms with E-state index >= 15 is 0 Å². The summed E-state index contributed by atoms with van der Waals surface area (Å²) in [5.74, 6) is 0.104. The van der Waals surface area contributed by atoms with E-state index in [9.17, 15) is 18.0 Å². The first-order valence-corrected chi connectivity index (χ1v) is 10.4. The first-order chi connectivity index (χ1) is 14.3. The lowest BCUT2D eigenvalue weighted by atomic mass is 9.93. The van der Waals surface area contributed by atoms with E-state index in [0.717, 1.165) is 36.4 Å². The van der Waals surface area contributed by atoms with Crippen LogP contribution in [0, 0.1) is 6.92 Å². The van der Waals surface area contributed by atoms with Gasteiger partial charge in [-0.2, -0.15) is 13.2 Å². The minimum Gasteiger partial charge on any atom is -0.338 e. The maximum Gasteiger partial charge on any atom is 0.416 e. The fraction of sp³-hybridized carbons (Fsp3) is 0.333. The second-order valence-electron chi connectivity index (χ2n) is 7.24. The summed E-state index contributed by atoms with van der Waals surface area (Å²) >= 11 is 1.35. The van der Waals surface area contributed by atoms with Gasteiger partial charge >= 0.3 is 6.18 Å². The molecule has 0 radical (unpaired) electrons. The Balaban J connectivity index is 1.48. The van der Waals surface area contributed by atoms with Crippen molar-refractivity contribution in [1.29, 1.82) is 0 Å². The molecule has 156 valence electrons. The quantitative estimate of drug-likeness (QED) is 0.588. The highest BCUT2D eigenvalue weighted by Crippen LogP contribution is 2.33. The Bertz CT molecular complexity index is 1060. The predicted octanol–water partition coefficient (Wildman–Crippen LogP) is 4.95. The molecule has 1 aromatic carbocycles. The van der Waals surface area contributed by atoms with Gasteiger partial charge in [-0.25, -0.2) is 9.97 Å². The topological polar surface area (TPSA) is 59.0 Å². The average Bonchev–Trinajstić information content (AvgIpc) is 3.19. The number of benzene rings is 1. The van der Waals surface area contributed by atoms with Gasteiger partial charge in [-0.1, -0.05) is 12.1 Å². The number of alkyl halides is 3. The zero-order chi connectivity index (χ0) is 21.3. The van der Waals surface area contributed by atoms with Gasteiger partial charge in [-0.05, 0) is 31.9 Å². The number of nitrogens with zero attached hydrogens (tertiary/aromatic N) is 4. The molecule has 2 aromatic heterocycles. The molecule has 0 spiro atoms. The van der Waals surface area contributed by atoms with E-state index in [1.807, 2.05) is 11.8 Å². The van der Waals surface area contributed by atoms with E-state index in [2.05, 4.69) is 15.0 Å². The minimum absolute atomic E-state index is 0.00255. The van der Waals surface area contributed by atoms with Crippen molar-refractivity contribution in [2.45, 2.75) is 31.9 Å². The molecule has 30 heavy (non-hydrogen) atoms. The summed E-state index contributed by atoms with van der Waals surface area (Å²) in [4.78, 5) is 28.1. The Morgan fingerprint density at radius 2 is 1.97 bits per heavy atom. The second-order valence-corrected chi connectivity index (χ2v) is 8.10. The zero-order valence-electron chi connectivity index (χ0n) is 16.2. The van der Waals surface area contributed by atoms with Crippen LogP contribution in [0.25, 0.3) is 11.3 Å². The van der Waals surface area contributed by atoms with Crippen LogP contribution in [0.2, 0.25) is 0 Å². The van der Waals surface area contributed by atoms with Crippen LogP contribution >= 0.6 is 11.3 Å². The van der Waals surface area contributed by atoms with E-state index in [4.69, 9.17) is 0 Å². The van der Waals surface area contributed by atoms with Gasteiger partial charge in [0.2, 0.25) is 0 Å².